The number of nitrogens with zero attached hydrogens (tertiary/aromatic N) is 5. The number of allylic oxidation sites excluding steroid dienone is 2. The van der Waals surface area contributed by atoms with Crippen LogP contribution in [0.25, 0.3) is 16.6 Å². The Morgan fingerprint density at radius 2 is 1.65 bits per heavy atom. The molecule has 15 heteroatoms. The van der Waals surface area contributed by atoms with E-state index in [1.54, 1.807) is 32.4 Å². The maximum absolute atomic E-state index is 14.4. The van der Waals surface area contributed by atoms with Crippen LogP contribution in [0.3, 0.4) is 0 Å². The summed E-state index contributed by atoms with van der Waals surface area (Å²) in [6.45, 7) is 11.8. The molecule has 3 atom stereocenters. The topological polar surface area (TPSA) is 118 Å². The molecule has 366 valence electrons. The van der Waals surface area contributed by atoms with Crippen molar-refractivity contribution in [2.75, 3.05) is 59.5 Å². The van der Waals surface area contributed by atoms with E-state index in [4.69, 9.17) is 9.47 Å². The highest BCUT2D eigenvalue weighted by molar-refractivity contribution is 6.01. The zero-order chi connectivity index (χ0) is 48.6. The molecule has 4 aromatic rings. The Morgan fingerprint density at radius 1 is 0.926 bits per heavy atom. The summed E-state index contributed by atoms with van der Waals surface area (Å²) in [6.07, 6.45) is 3.59. The van der Waals surface area contributed by atoms with Crippen molar-refractivity contribution in [1.29, 1.82) is 0 Å². The lowest BCUT2D eigenvalue weighted by atomic mass is 9.67. The van der Waals surface area contributed by atoms with Gasteiger partial charge in [0.15, 0.2) is 0 Å². The molecule has 12 nitrogen and oxygen atoms in total. The van der Waals surface area contributed by atoms with Gasteiger partial charge in [0.25, 0.3) is 5.91 Å². The molecule has 0 saturated carbocycles. The summed E-state index contributed by atoms with van der Waals surface area (Å²) in [5.41, 5.74) is 3.30. The Balaban J connectivity index is 0.860. The number of imide groups is 1. The Bertz CT molecular complexity index is 2570. The molecular weight excluding hydrogens is 874 g/mol. The number of aromatic nitrogens is 2. The third-order valence-electron chi connectivity index (χ3n) is 15.1. The number of aryl methyl sites for hydroxylation is 1. The molecule has 3 amide bonds. The van der Waals surface area contributed by atoms with Crippen molar-refractivity contribution in [2.45, 2.75) is 109 Å². The molecule has 1 aromatic heterocycles. The van der Waals surface area contributed by atoms with Gasteiger partial charge in [0.05, 0.1) is 29.2 Å². The summed E-state index contributed by atoms with van der Waals surface area (Å²) in [4.78, 5) is 57.6. The van der Waals surface area contributed by atoms with Crippen LogP contribution in [0.15, 0.2) is 77.6 Å². The Kier molecular flexibility index (Phi) is 14.2. The average molecular weight is 941 g/mol. The van der Waals surface area contributed by atoms with E-state index >= 15 is 0 Å². The van der Waals surface area contributed by atoms with Crippen molar-refractivity contribution >= 4 is 34.3 Å². The molecule has 1 N–H and O–H groups in total. The fraction of sp³-hybridized carbons (Fsp3) is 0.547. The smallest absolute Gasteiger partial charge is 0.395 e. The van der Waals surface area contributed by atoms with Crippen LogP contribution in [-0.2, 0) is 33.3 Å². The van der Waals surface area contributed by atoms with Gasteiger partial charge in [-0.3, -0.25) is 38.6 Å². The highest BCUT2D eigenvalue weighted by atomic mass is 19.4. The number of hydrogen-bond acceptors (Lipinski definition) is 8. The second-order valence-corrected chi connectivity index (χ2v) is 20.9. The molecule has 8 rings (SSSR count). The molecule has 0 spiro atoms. The number of nitrogens with one attached hydrogen (secondary N) is 1. The number of rotatable bonds is 14. The van der Waals surface area contributed by atoms with Gasteiger partial charge in [0, 0.05) is 76.9 Å². The molecule has 3 saturated heterocycles. The summed E-state index contributed by atoms with van der Waals surface area (Å²) >= 11 is 0. The number of hydrogen-bond donors (Lipinski definition) is 1. The minimum atomic E-state index is -4.35. The molecule has 1 aliphatic carbocycles. The van der Waals surface area contributed by atoms with Gasteiger partial charge in [-0.25, -0.2) is 4.79 Å². The lowest BCUT2D eigenvalue weighted by Crippen LogP contribution is -2.49. The van der Waals surface area contributed by atoms with Crippen LogP contribution < -0.4 is 15.7 Å². The highest BCUT2D eigenvalue weighted by Crippen LogP contribution is 2.45. The molecule has 0 radical (unpaired) electrons. The number of benzene rings is 3. The third-order valence-corrected chi connectivity index (χ3v) is 15.1. The fourth-order valence-electron chi connectivity index (χ4n) is 11.1. The van der Waals surface area contributed by atoms with E-state index in [1.165, 1.54) is 28.6 Å². The molecule has 4 aliphatic rings. The first-order chi connectivity index (χ1) is 32.2. The van der Waals surface area contributed by atoms with Crippen LogP contribution in [0.4, 0.5) is 13.2 Å². The van der Waals surface area contributed by atoms with Crippen molar-refractivity contribution in [1.82, 2.24) is 29.2 Å². The van der Waals surface area contributed by atoms with Gasteiger partial charge in [-0.05, 0) is 138 Å². The van der Waals surface area contributed by atoms with Gasteiger partial charge in [-0.1, -0.05) is 42.5 Å². The van der Waals surface area contributed by atoms with Crippen molar-refractivity contribution in [2.24, 2.45) is 18.4 Å². The van der Waals surface area contributed by atoms with Crippen molar-refractivity contribution < 1.29 is 37.0 Å². The second-order valence-electron chi connectivity index (χ2n) is 20.9. The molecule has 0 bridgehead atoms. The molecular formula is C53H67F3N6O6. The minimum absolute atomic E-state index is 0.0981. The van der Waals surface area contributed by atoms with Gasteiger partial charge in [0.1, 0.15) is 11.8 Å². The van der Waals surface area contributed by atoms with E-state index in [1.807, 2.05) is 21.9 Å². The lowest BCUT2D eigenvalue weighted by molar-refractivity contribution is -0.217. The van der Waals surface area contributed by atoms with Crippen LogP contribution in [0, 0.1) is 11.3 Å². The number of amides is 3. The summed E-state index contributed by atoms with van der Waals surface area (Å²) in [6, 6.07) is 20.9. The predicted octanol–water partition coefficient (Wildman–Crippen LogP) is 8.28. The van der Waals surface area contributed by atoms with E-state index < -0.39 is 23.5 Å². The first-order valence-corrected chi connectivity index (χ1v) is 24.2. The summed E-state index contributed by atoms with van der Waals surface area (Å²) in [5.74, 6) is 0.316. The molecule has 68 heavy (non-hydrogen) atoms. The zero-order valence-corrected chi connectivity index (χ0v) is 40.4. The summed E-state index contributed by atoms with van der Waals surface area (Å²) in [5, 5.41) is 2.33. The van der Waals surface area contributed by atoms with Crippen molar-refractivity contribution in [3.63, 3.8) is 0 Å². The van der Waals surface area contributed by atoms with Gasteiger partial charge in [-0.15, -0.1) is 0 Å². The number of piperazine rings is 1. The maximum Gasteiger partial charge on any atom is 0.395 e. The lowest BCUT2D eigenvalue weighted by Gasteiger charge is -2.46. The number of fused-ring (bicyclic) bond motifs is 1. The van der Waals surface area contributed by atoms with Gasteiger partial charge in [-0.2, -0.15) is 13.2 Å². The van der Waals surface area contributed by atoms with E-state index in [2.05, 4.69) is 66.5 Å². The predicted molar refractivity (Wildman–Crippen MR) is 256 cm³/mol. The Morgan fingerprint density at radius 3 is 2.28 bits per heavy atom. The summed E-state index contributed by atoms with van der Waals surface area (Å²) in [7, 11) is 3.27. The number of methoxy groups -OCH3 is 1. The zero-order valence-electron chi connectivity index (χ0n) is 40.4. The number of ether oxygens (including phenoxy) is 2. The minimum Gasteiger partial charge on any atom is -0.497 e. The van der Waals surface area contributed by atoms with E-state index in [-0.39, 0.29) is 47.9 Å². The standard InChI is InChI=1S/C53H67F3N6O6/c1-50(2,53(54,55)56)35-60(25-23-52(24-30-68-51(3,4)34-52)41-16-18-42(67-6)19-17-41)33-37-9-13-39(14-10-37)38-11-7-36(8-12-38)32-59-26-28-61(29-27-59)48(65)40-15-20-43-45(31-40)58(5)49(66)62(43)44-21-22-46(63)57-47(44)64/h9-11,13-20,31,36,44H,7-8,12,21-30,32-35H2,1-6H3,(H,57,63,64)/t36-,44-,52+/m0/s1. The van der Waals surface area contributed by atoms with Gasteiger partial charge < -0.3 is 14.4 Å². The molecule has 3 aliphatic heterocycles. The van der Waals surface area contributed by atoms with Crippen LogP contribution >= 0.6 is 0 Å². The largest absolute Gasteiger partial charge is 0.497 e. The molecule has 3 fully saturated rings. The number of imidazole rings is 1. The Labute approximate surface area is 397 Å². The van der Waals surface area contributed by atoms with Crippen LogP contribution in [0.1, 0.15) is 112 Å². The number of carbonyl (C=O) groups is 3. The average Bonchev–Trinajstić information content (AvgIpc) is 3.55. The van der Waals surface area contributed by atoms with E-state index in [0.717, 1.165) is 74.2 Å². The van der Waals surface area contributed by atoms with Crippen molar-refractivity contribution in [3.05, 3.63) is 106 Å². The Hall–Kier alpha value is -5.25. The number of piperidine rings is 1. The first kappa shape index (κ1) is 49.2. The monoisotopic (exact) mass is 941 g/mol. The van der Waals surface area contributed by atoms with E-state index in [9.17, 15) is 32.3 Å². The van der Waals surface area contributed by atoms with Gasteiger partial charge in [0.2, 0.25) is 11.8 Å². The quantitative estimate of drug-likeness (QED) is 0.126. The highest BCUT2D eigenvalue weighted by Gasteiger charge is 2.49. The van der Waals surface area contributed by atoms with Crippen LogP contribution in [0.5, 0.6) is 5.75 Å². The van der Waals surface area contributed by atoms with Gasteiger partial charge >= 0.3 is 11.9 Å². The number of carbonyl (C=O) groups excluding carboxylic acids is 3. The first-order valence-electron chi connectivity index (χ1n) is 24.2. The van der Waals surface area contributed by atoms with E-state index in [0.29, 0.717) is 61.7 Å². The SMILES string of the molecule is COc1ccc([C@]2(CCN(Cc3ccc(C4=CC[C@H](CN5CCN(C(=O)c6ccc7c(c6)n(C)c(=O)n7[C@H]6CCC(=O)NC6=O)CC5)CC4)cc3)CC(C)(C)C(F)(F)F)CCOC(C)(C)C2)cc1. The van der Waals surface area contributed by atoms with Crippen molar-refractivity contribution in [3.8, 4) is 5.75 Å². The second kappa shape index (κ2) is 19.6. The van der Waals surface area contributed by atoms with Crippen LogP contribution in [-0.4, -0.2) is 113 Å². The normalized spacial score (nSPS) is 22.9. The molecule has 0 unspecified atom stereocenters. The number of halogens is 3. The third kappa shape index (κ3) is 10.6. The molecule has 3 aromatic carbocycles. The number of alkyl halides is 3. The maximum atomic E-state index is 14.4. The molecule has 4 heterocycles. The summed E-state index contributed by atoms with van der Waals surface area (Å²) < 4.78 is 57.6. The fourth-order valence-corrected chi connectivity index (χ4v) is 11.1. The van der Waals surface area contributed by atoms with Crippen LogP contribution in [0.2, 0.25) is 0 Å².